The Morgan fingerprint density at radius 2 is 2.15 bits per heavy atom. The van der Waals surface area contributed by atoms with Crippen LogP contribution in [0, 0.1) is 0 Å². The molecule has 9 nitrogen and oxygen atoms in total. The van der Waals surface area contributed by atoms with Crippen molar-refractivity contribution in [3.63, 3.8) is 0 Å². The van der Waals surface area contributed by atoms with Gasteiger partial charge in [-0.15, -0.1) is 11.3 Å². The van der Waals surface area contributed by atoms with E-state index in [0.717, 1.165) is 15.7 Å². The van der Waals surface area contributed by atoms with Crippen LogP contribution in [0.2, 0.25) is 0 Å². The van der Waals surface area contributed by atoms with Gasteiger partial charge in [0.2, 0.25) is 5.91 Å². The quantitative estimate of drug-likeness (QED) is 0.643. The number of amides is 2. The molecule has 3 aromatic rings. The molecule has 0 saturated carbocycles. The molecular formula is C16H15N7O2S. The SMILES string of the molecule is CC(NC(=O)c1ncnc2c1CCC(=O)N2)c1ncc(-c2ncc[nH]2)s1. The Morgan fingerprint density at radius 3 is 2.96 bits per heavy atom. The van der Waals surface area contributed by atoms with Gasteiger partial charge in [-0.25, -0.2) is 19.9 Å². The zero-order chi connectivity index (χ0) is 18.1. The number of fused-ring (bicyclic) bond motifs is 1. The van der Waals surface area contributed by atoms with Crippen LogP contribution in [0.15, 0.2) is 24.9 Å². The zero-order valence-corrected chi connectivity index (χ0v) is 14.6. The lowest BCUT2D eigenvalue weighted by Crippen LogP contribution is -2.30. The monoisotopic (exact) mass is 369 g/mol. The number of hydrogen-bond acceptors (Lipinski definition) is 7. The molecule has 0 aromatic carbocycles. The molecule has 0 fully saturated rings. The van der Waals surface area contributed by atoms with Crippen LogP contribution in [-0.2, 0) is 11.2 Å². The largest absolute Gasteiger partial charge is 0.344 e. The van der Waals surface area contributed by atoms with Crippen LogP contribution in [-0.4, -0.2) is 36.7 Å². The van der Waals surface area contributed by atoms with Crippen molar-refractivity contribution in [3.05, 3.63) is 41.2 Å². The second-order valence-electron chi connectivity index (χ2n) is 5.79. The van der Waals surface area contributed by atoms with Gasteiger partial charge in [-0.2, -0.15) is 0 Å². The van der Waals surface area contributed by atoms with Crippen molar-refractivity contribution in [2.45, 2.75) is 25.8 Å². The van der Waals surface area contributed by atoms with Gasteiger partial charge in [-0.1, -0.05) is 0 Å². The van der Waals surface area contributed by atoms with Crippen LogP contribution in [0.5, 0.6) is 0 Å². The lowest BCUT2D eigenvalue weighted by Gasteiger charge is -2.18. The summed E-state index contributed by atoms with van der Waals surface area (Å²) in [5, 5.41) is 6.34. The Bertz CT molecular complexity index is 967. The van der Waals surface area contributed by atoms with Crippen LogP contribution in [0.25, 0.3) is 10.7 Å². The molecule has 0 spiro atoms. The number of nitrogens with one attached hydrogen (secondary N) is 3. The van der Waals surface area contributed by atoms with Crippen molar-refractivity contribution < 1.29 is 9.59 Å². The van der Waals surface area contributed by atoms with Gasteiger partial charge in [0.05, 0.1) is 10.9 Å². The minimum Gasteiger partial charge on any atom is -0.344 e. The first kappa shape index (κ1) is 16.3. The number of anilines is 1. The van der Waals surface area contributed by atoms with Gasteiger partial charge in [0.1, 0.15) is 28.7 Å². The van der Waals surface area contributed by atoms with Crippen molar-refractivity contribution in [2.24, 2.45) is 0 Å². The van der Waals surface area contributed by atoms with Crippen molar-refractivity contribution in [1.29, 1.82) is 0 Å². The smallest absolute Gasteiger partial charge is 0.270 e. The molecule has 0 radical (unpaired) electrons. The van der Waals surface area contributed by atoms with Gasteiger partial charge < -0.3 is 15.6 Å². The predicted molar refractivity (Wildman–Crippen MR) is 94.6 cm³/mol. The number of rotatable bonds is 4. The lowest BCUT2D eigenvalue weighted by molar-refractivity contribution is -0.116. The summed E-state index contributed by atoms with van der Waals surface area (Å²) in [6, 6.07) is -0.292. The van der Waals surface area contributed by atoms with Crippen LogP contribution < -0.4 is 10.6 Å². The first-order chi connectivity index (χ1) is 12.6. The molecule has 4 heterocycles. The van der Waals surface area contributed by atoms with Gasteiger partial charge >= 0.3 is 0 Å². The molecule has 132 valence electrons. The van der Waals surface area contributed by atoms with Crippen LogP contribution in [0.3, 0.4) is 0 Å². The van der Waals surface area contributed by atoms with E-state index in [1.807, 2.05) is 6.92 Å². The molecule has 1 unspecified atom stereocenters. The molecule has 26 heavy (non-hydrogen) atoms. The highest BCUT2D eigenvalue weighted by molar-refractivity contribution is 7.15. The van der Waals surface area contributed by atoms with Crippen molar-refractivity contribution >= 4 is 29.0 Å². The van der Waals surface area contributed by atoms with Crippen molar-refractivity contribution in [1.82, 2.24) is 30.2 Å². The first-order valence-electron chi connectivity index (χ1n) is 8.02. The maximum Gasteiger partial charge on any atom is 0.270 e. The maximum absolute atomic E-state index is 12.7. The first-order valence-corrected chi connectivity index (χ1v) is 8.83. The number of aromatic nitrogens is 5. The Kier molecular flexibility index (Phi) is 4.17. The highest BCUT2D eigenvalue weighted by Gasteiger charge is 2.25. The summed E-state index contributed by atoms with van der Waals surface area (Å²) in [6.45, 7) is 1.86. The second-order valence-corrected chi connectivity index (χ2v) is 6.86. The summed E-state index contributed by atoms with van der Waals surface area (Å²) in [6.07, 6.45) is 7.19. The van der Waals surface area contributed by atoms with Crippen molar-refractivity contribution in [2.75, 3.05) is 5.32 Å². The average Bonchev–Trinajstić information content (AvgIpc) is 3.32. The van der Waals surface area contributed by atoms with Gasteiger partial charge in [-0.3, -0.25) is 9.59 Å². The molecule has 1 aliphatic heterocycles. The fourth-order valence-corrected chi connectivity index (χ4v) is 3.59. The standard InChI is InChI=1S/C16H15N7O2S/c1-8(16-19-6-10(26-16)14-17-4-5-18-14)22-15(25)12-9-2-3-11(24)23-13(9)21-7-20-12/h4-8H,2-3H2,1H3,(H,17,18)(H,22,25)(H,20,21,23,24). The molecular weight excluding hydrogens is 354 g/mol. The van der Waals surface area contributed by atoms with E-state index in [9.17, 15) is 9.59 Å². The number of hydrogen-bond donors (Lipinski definition) is 3. The third-order valence-corrected chi connectivity index (χ3v) is 5.18. The van der Waals surface area contributed by atoms with Crippen LogP contribution in [0.4, 0.5) is 5.82 Å². The number of nitrogens with zero attached hydrogens (tertiary/aromatic N) is 4. The topological polar surface area (TPSA) is 126 Å². The van der Waals surface area contributed by atoms with Crippen LogP contribution in [0.1, 0.15) is 40.4 Å². The number of carbonyl (C=O) groups excluding carboxylic acids is 2. The van der Waals surface area contributed by atoms with Gasteiger partial charge in [0, 0.05) is 30.6 Å². The summed E-state index contributed by atoms with van der Waals surface area (Å²) < 4.78 is 0. The van der Waals surface area contributed by atoms with Gasteiger partial charge in [0.15, 0.2) is 0 Å². The summed E-state index contributed by atoms with van der Waals surface area (Å²) in [4.78, 5) is 44.8. The Hall–Kier alpha value is -3.14. The van der Waals surface area contributed by atoms with E-state index in [4.69, 9.17) is 0 Å². The maximum atomic E-state index is 12.7. The van der Waals surface area contributed by atoms with E-state index in [2.05, 4.69) is 35.6 Å². The zero-order valence-electron chi connectivity index (χ0n) is 13.8. The van der Waals surface area contributed by atoms with E-state index >= 15 is 0 Å². The predicted octanol–water partition coefficient (Wildman–Crippen LogP) is 1.70. The van der Waals surface area contributed by atoms with E-state index in [1.54, 1.807) is 18.6 Å². The summed E-state index contributed by atoms with van der Waals surface area (Å²) >= 11 is 1.46. The number of aromatic amines is 1. The molecule has 3 aromatic heterocycles. The van der Waals surface area contributed by atoms with Crippen molar-refractivity contribution in [3.8, 4) is 10.7 Å². The van der Waals surface area contributed by atoms with E-state index in [0.29, 0.717) is 24.2 Å². The Balaban J connectivity index is 1.52. The molecule has 1 atom stereocenters. The number of thiazole rings is 1. The van der Waals surface area contributed by atoms with E-state index in [1.165, 1.54) is 17.7 Å². The third-order valence-electron chi connectivity index (χ3n) is 3.99. The van der Waals surface area contributed by atoms with Crippen LogP contribution >= 0.6 is 11.3 Å². The van der Waals surface area contributed by atoms with E-state index < -0.39 is 0 Å². The molecule has 2 amide bonds. The Morgan fingerprint density at radius 1 is 1.27 bits per heavy atom. The highest BCUT2D eigenvalue weighted by atomic mass is 32.1. The summed E-state index contributed by atoms with van der Waals surface area (Å²) in [5.41, 5.74) is 0.942. The molecule has 10 heteroatoms. The van der Waals surface area contributed by atoms with E-state index in [-0.39, 0.29) is 23.6 Å². The second kappa shape index (κ2) is 6.64. The molecule has 0 aliphatic carbocycles. The highest BCUT2D eigenvalue weighted by Crippen LogP contribution is 2.27. The molecule has 4 rings (SSSR count). The molecule has 0 bridgehead atoms. The fraction of sp³-hybridized carbons (Fsp3) is 0.250. The summed E-state index contributed by atoms with van der Waals surface area (Å²) in [7, 11) is 0. The lowest BCUT2D eigenvalue weighted by atomic mass is 10.0. The molecule has 0 saturated heterocycles. The number of carbonyl (C=O) groups is 2. The minimum atomic E-state index is -0.318. The Labute approximate surface area is 152 Å². The minimum absolute atomic E-state index is 0.107. The van der Waals surface area contributed by atoms with Gasteiger partial charge in [0.25, 0.3) is 5.91 Å². The molecule has 3 N–H and O–H groups in total. The number of imidazole rings is 1. The molecule has 1 aliphatic rings. The van der Waals surface area contributed by atoms with Gasteiger partial charge in [-0.05, 0) is 13.3 Å². The average molecular weight is 369 g/mol. The fourth-order valence-electron chi connectivity index (χ4n) is 2.71. The normalized spacial score (nSPS) is 14.4. The third kappa shape index (κ3) is 3.06. The summed E-state index contributed by atoms with van der Waals surface area (Å²) in [5.74, 6) is 0.725. The number of H-pyrrole nitrogens is 1.